The zero-order valence-electron chi connectivity index (χ0n) is 11.0. The lowest BCUT2D eigenvalue weighted by Crippen LogP contribution is -2.56. The first-order valence-corrected chi connectivity index (χ1v) is 6.61. The highest BCUT2D eigenvalue weighted by Gasteiger charge is 2.25. The predicted molar refractivity (Wildman–Crippen MR) is 68.2 cm³/mol. The van der Waals surface area contributed by atoms with E-state index in [-0.39, 0.29) is 24.5 Å². The molecule has 6 nitrogen and oxygen atoms in total. The van der Waals surface area contributed by atoms with Crippen molar-refractivity contribution in [3.05, 3.63) is 0 Å². The number of carbonyl (C=O) groups is 2. The van der Waals surface area contributed by atoms with Crippen LogP contribution in [0.5, 0.6) is 0 Å². The number of hydrogen-bond acceptors (Lipinski definition) is 4. The van der Waals surface area contributed by atoms with Gasteiger partial charge in [0.15, 0.2) is 0 Å². The van der Waals surface area contributed by atoms with Crippen LogP contribution in [0.2, 0.25) is 0 Å². The first kappa shape index (κ1) is 13.3. The number of imide groups is 1. The van der Waals surface area contributed by atoms with E-state index in [1.54, 1.807) is 0 Å². The summed E-state index contributed by atoms with van der Waals surface area (Å²) in [6, 6.07) is 0.666. The Labute approximate surface area is 107 Å². The third-order valence-electron chi connectivity index (χ3n) is 3.17. The molecule has 18 heavy (non-hydrogen) atoms. The summed E-state index contributed by atoms with van der Waals surface area (Å²) in [6.45, 7) is 6.15. The molecule has 0 aromatic rings. The van der Waals surface area contributed by atoms with Crippen LogP contribution in [-0.4, -0.2) is 54.6 Å². The summed E-state index contributed by atoms with van der Waals surface area (Å²) in [6.07, 6.45) is 2.04. The molecule has 2 atom stereocenters. The fraction of sp³-hybridized carbons (Fsp3) is 0.833. The van der Waals surface area contributed by atoms with Gasteiger partial charge in [0.2, 0.25) is 5.91 Å². The van der Waals surface area contributed by atoms with Crippen molar-refractivity contribution in [2.24, 2.45) is 0 Å². The van der Waals surface area contributed by atoms with Crippen LogP contribution in [0.4, 0.5) is 4.79 Å². The Hall–Kier alpha value is -1.14. The number of nitrogens with zero attached hydrogens (tertiary/aromatic N) is 1. The standard InChI is InChI=1S/C12H22N4O2/c1-8-5-16(6-9(2)13-8)7-11(17)15-12(18)14-10-3-4-10/h8-10,13H,3-7H2,1-2H3,(H2,14,15,17,18). The minimum atomic E-state index is -0.362. The first-order valence-electron chi connectivity index (χ1n) is 6.61. The molecule has 2 aliphatic rings. The van der Waals surface area contributed by atoms with Crippen LogP contribution in [0.15, 0.2) is 0 Å². The Balaban J connectivity index is 1.70. The average Bonchev–Trinajstić information content (AvgIpc) is 2.98. The van der Waals surface area contributed by atoms with Crippen LogP contribution < -0.4 is 16.0 Å². The van der Waals surface area contributed by atoms with Gasteiger partial charge in [-0.25, -0.2) is 4.79 Å². The van der Waals surface area contributed by atoms with Gasteiger partial charge < -0.3 is 10.6 Å². The third kappa shape index (κ3) is 4.27. The fourth-order valence-corrected chi connectivity index (χ4v) is 2.39. The van der Waals surface area contributed by atoms with Crippen LogP contribution in [0, 0.1) is 0 Å². The topological polar surface area (TPSA) is 73.5 Å². The molecule has 0 aromatic heterocycles. The van der Waals surface area contributed by atoms with Crippen molar-refractivity contribution in [3.63, 3.8) is 0 Å². The maximum atomic E-state index is 11.7. The highest BCUT2D eigenvalue weighted by atomic mass is 16.2. The quantitative estimate of drug-likeness (QED) is 0.644. The lowest BCUT2D eigenvalue weighted by Gasteiger charge is -2.35. The van der Waals surface area contributed by atoms with Gasteiger partial charge in [-0.15, -0.1) is 0 Å². The summed E-state index contributed by atoms with van der Waals surface area (Å²) in [7, 11) is 0. The molecule has 1 heterocycles. The molecular formula is C12H22N4O2. The van der Waals surface area contributed by atoms with Gasteiger partial charge in [-0.05, 0) is 26.7 Å². The van der Waals surface area contributed by atoms with Gasteiger partial charge in [-0.3, -0.25) is 15.0 Å². The molecule has 1 saturated carbocycles. The zero-order valence-corrected chi connectivity index (χ0v) is 11.0. The van der Waals surface area contributed by atoms with Crippen molar-refractivity contribution < 1.29 is 9.59 Å². The Morgan fingerprint density at radius 3 is 2.39 bits per heavy atom. The minimum absolute atomic E-state index is 0.227. The third-order valence-corrected chi connectivity index (χ3v) is 3.17. The van der Waals surface area contributed by atoms with Crippen molar-refractivity contribution in [2.45, 2.75) is 44.8 Å². The summed E-state index contributed by atoms with van der Waals surface area (Å²) in [5, 5.41) is 8.52. The van der Waals surface area contributed by atoms with E-state index in [1.165, 1.54) is 0 Å². The second-order valence-corrected chi connectivity index (χ2v) is 5.46. The number of piperazine rings is 1. The van der Waals surface area contributed by atoms with E-state index in [4.69, 9.17) is 0 Å². The van der Waals surface area contributed by atoms with Gasteiger partial charge in [-0.1, -0.05) is 0 Å². The average molecular weight is 254 g/mol. The SMILES string of the molecule is CC1CN(CC(=O)NC(=O)NC2CC2)CC(C)N1. The molecule has 2 rings (SSSR count). The van der Waals surface area contributed by atoms with E-state index in [0.717, 1.165) is 25.9 Å². The van der Waals surface area contributed by atoms with Crippen molar-refractivity contribution in [1.82, 2.24) is 20.9 Å². The highest BCUT2D eigenvalue weighted by molar-refractivity contribution is 5.95. The molecule has 2 unspecified atom stereocenters. The van der Waals surface area contributed by atoms with Crippen LogP contribution in [0.25, 0.3) is 0 Å². The van der Waals surface area contributed by atoms with E-state index in [9.17, 15) is 9.59 Å². The second-order valence-electron chi connectivity index (χ2n) is 5.46. The Kier molecular flexibility index (Phi) is 4.19. The maximum absolute atomic E-state index is 11.7. The van der Waals surface area contributed by atoms with Crippen molar-refractivity contribution in [1.29, 1.82) is 0 Å². The van der Waals surface area contributed by atoms with E-state index >= 15 is 0 Å². The van der Waals surface area contributed by atoms with Crippen molar-refractivity contribution in [3.8, 4) is 0 Å². The monoisotopic (exact) mass is 254 g/mol. The summed E-state index contributed by atoms with van der Waals surface area (Å²) in [5.74, 6) is -0.227. The molecule has 102 valence electrons. The van der Waals surface area contributed by atoms with E-state index in [0.29, 0.717) is 12.1 Å². The minimum Gasteiger partial charge on any atom is -0.335 e. The Morgan fingerprint density at radius 2 is 1.83 bits per heavy atom. The number of carbonyl (C=O) groups excluding carboxylic acids is 2. The van der Waals surface area contributed by atoms with Crippen molar-refractivity contribution >= 4 is 11.9 Å². The molecule has 0 aromatic carbocycles. The molecule has 0 radical (unpaired) electrons. The van der Waals surface area contributed by atoms with E-state index in [1.807, 2.05) is 0 Å². The lowest BCUT2D eigenvalue weighted by atomic mass is 10.1. The zero-order chi connectivity index (χ0) is 13.1. The number of rotatable bonds is 3. The number of amides is 3. The van der Waals surface area contributed by atoms with Gasteiger partial charge in [-0.2, -0.15) is 0 Å². The highest BCUT2D eigenvalue weighted by Crippen LogP contribution is 2.18. The van der Waals surface area contributed by atoms with Gasteiger partial charge in [0, 0.05) is 31.2 Å². The normalized spacial score (nSPS) is 28.8. The maximum Gasteiger partial charge on any atom is 0.321 e. The lowest BCUT2D eigenvalue weighted by molar-refractivity contribution is -0.121. The largest absolute Gasteiger partial charge is 0.335 e. The van der Waals surface area contributed by atoms with Crippen LogP contribution in [0.1, 0.15) is 26.7 Å². The summed E-state index contributed by atoms with van der Waals surface area (Å²) >= 11 is 0. The van der Waals surface area contributed by atoms with E-state index < -0.39 is 0 Å². The molecular weight excluding hydrogens is 232 g/mol. The molecule has 3 amide bonds. The molecule has 0 spiro atoms. The predicted octanol–water partition coefficient (Wildman–Crippen LogP) is -0.343. The van der Waals surface area contributed by atoms with Gasteiger partial charge in [0.05, 0.1) is 6.54 Å². The smallest absolute Gasteiger partial charge is 0.321 e. The number of nitrogens with one attached hydrogen (secondary N) is 3. The van der Waals surface area contributed by atoms with Crippen LogP contribution in [0.3, 0.4) is 0 Å². The first-order chi connectivity index (χ1) is 8.52. The molecule has 1 aliphatic carbocycles. The molecule has 0 bridgehead atoms. The Bertz CT molecular complexity index is 320. The number of urea groups is 1. The molecule has 1 aliphatic heterocycles. The number of hydrogen-bond donors (Lipinski definition) is 3. The Morgan fingerprint density at radius 1 is 1.22 bits per heavy atom. The summed E-state index contributed by atoms with van der Waals surface area (Å²) in [5.41, 5.74) is 0. The molecule has 3 N–H and O–H groups in total. The van der Waals surface area contributed by atoms with Gasteiger partial charge >= 0.3 is 6.03 Å². The molecule has 6 heteroatoms. The van der Waals surface area contributed by atoms with E-state index in [2.05, 4.69) is 34.7 Å². The summed E-state index contributed by atoms with van der Waals surface area (Å²) < 4.78 is 0. The second kappa shape index (κ2) is 5.67. The van der Waals surface area contributed by atoms with Gasteiger partial charge in [0.1, 0.15) is 0 Å². The van der Waals surface area contributed by atoms with Crippen molar-refractivity contribution in [2.75, 3.05) is 19.6 Å². The summed E-state index contributed by atoms with van der Waals surface area (Å²) in [4.78, 5) is 25.2. The van der Waals surface area contributed by atoms with Crippen LogP contribution in [-0.2, 0) is 4.79 Å². The van der Waals surface area contributed by atoms with Gasteiger partial charge in [0.25, 0.3) is 0 Å². The molecule has 2 fully saturated rings. The molecule has 1 saturated heterocycles. The van der Waals surface area contributed by atoms with Crippen LogP contribution >= 0.6 is 0 Å². The fourth-order valence-electron chi connectivity index (χ4n) is 2.39.